The normalized spacial score (nSPS) is 16.6. The summed E-state index contributed by atoms with van der Waals surface area (Å²) < 4.78 is 5.10. The van der Waals surface area contributed by atoms with Crippen LogP contribution < -0.4 is 0 Å². The molecule has 0 saturated carbocycles. The van der Waals surface area contributed by atoms with Crippen molar-refractivity contribution >= 4 is 21.9 Å². The molecule has 0 rings (SSSR count). The van der Waals surface area contributed by atoms with Crippen LogP contribution in [0, 0.1) is 16.7 Å². The molecule has 3 nitrogen and oxygen atoms in total. The van der Waals surface area contributed by atoms with Crippen molar-refractivity contribution in [2.75, 3.05) is 6.61 Å². The number of alkyl halides is 1. The van der Waals surface area contributed by atoms with Crippen molar-refractivity contribution in [3.8, 4) is 6.07 Å². The molecule has 102 valence electrons. The lowest BCUT2D eigenvalue weighted by molar-refractivity contribution is -0.150. The lowest BCUT2D eigenvalue weighted by Gasteiger charge is -2.27. The van der Waals surface area contributed by atoms with Crippen LogP contribution in [-0.2, 0) is 9.53 Å². The van der Waals surface area contributed by atoms with Crippen molar-refractivity contribution in [2.24, 2.45) is 5.41 Å². The molecule has 0 aliphatic rings. The summed E-state index contributed by atoms with van der Waals surface area (Å²) in [6.07, 6.45) is 3.78. The van der Waals surface area contributed by atoms with Gasteiger partial charge in [-0.1, -0.05) is 35.9 Å². The number of nitrogens with zero attached hydrogens (tertiary/aromatic N) is 1. The van der Waals surface area contributed by atoms with Crippen LogP contribution in [0.25, 0.3) is 0 Å². The minimum absolute atomic E-state index is 0.273. The molecule has 0 aromatic carbocycles. The van der Waals surface area contributed by atoms with Gasteiger partial charge in [-0.3, -0.25) is 0 Å². The van der Waals surface area contributed by atoms with Gasteiger partial charge in [-0.05, 0) is 38.7 Å². The molecule has 0 saturated heterocycles. The maximum Gasteiger partial charge on any atom is 0.330 e. The Morgan fingerprint density at radius 3 is 2.50 bits per heavy atom. The van der Waals surface area contributed by atoms with Gasteiger partial charge in [0.25, 0.3) is 0 Å². The standard InChI is InChI=1S/C14H22BrNO2/c1-5-12(6-2)14(10-16,9-8-11(4)15)13(17)18-7-3/h5,11H,6-9H2,1-4H3/b12-5+. The molecular formula is C14H22BrNO2. The van der Waals surface area contributed by atoms with E-state index in [4.69, 9.17) is 4.74 Å². The van der Waals surface area contributed by atoms with Crippen LogP contribution in [0.1, 0.15) is 47.0 Å². The van der Waals surface area contributed by atoms with E-state index in [1.165, 1.54) is 0 Å². The van der Waals surface area contributed by atoms with Gasteiger partial charge in [-0.2, -0.15) is 5.26 Å². The summed E-state index contributed by atoms with van der Waals surface area (Å²) in [5.41, 5.74) is -0.279. The van der Waals surface area contributed by atoms with Crippen LogP contribution in [-0.4, -0.2) is 17.4 Å². The van der Waals surface area contributed by atoms with Gasteiger partial charge < -0.3 is 4.74 Å². The molecule has 2 unspecified atom stereocenters. The molecule has 2 atom stereocenters. The van der Waals surface area contributed by atoms with Crippen LogP contribution in [0.2, 0.25) is 0 Å². The van der Waals surface area contributed by atoms with E-state index in [0.717, 1.165) is 12.0 Å². The minimum Gasteiger partial charge on any atom is -0.465 e. The number of ether oxygens (including phenoxy) is 1. The fourth-order valence-electron chi connectivity index (χ4n) is 1.99. The van der Waals surface area contributed by atoms with Gasteiger partial charge >= 0.3 is 5.97 Å². The smallest absolute Gasteiger partial charge is 0.330 e. The van der Waals surface area contributed by atoms with Gasteiger partial charge in [0, 0.05) is 4.83 Å². The monoisotopic (exact) mass is 315 g/mol. The van der Waals surface area contributed by atoms with Crippen molar-refractivity contribution in [2.45, 2.75) is 51.8 Å². The molecule has 0 heterocycles. The highest BCUT2D eigenvalue weighted by Gasteiger charge is 2.42. The third-order valence-electron chi connectivity index (χ3n) is 3.01. The summed E-state index contributed by atoms with van der Waals surface area (Å²) in [5, 5.41) is 9.51. The van der Waals surface area contributed by atoms with E-state index < -0.39 is 11.4 Å². The molecule has 0 spiro atoms. The number of hydrogen-bond donors (Lipinski definition) is 0. The number of rotatable bonds is 7. The molecule has 4 heteroatoms. The Morgan fingerprint density at radius 2 is 2.17 bits per heavy atom. The Morgan fingerprint density at radius 1 is 1.56 bits per heavy atom. The zero-order valence-electron chi connectivity index (χ0n) is 11.6. The lowest BCUT2D eigenvalue weighted by atomic mass is 9.76. The maximum absolute atomic E-state index is 12.2. The molecule has 0 amide bonds. The van der Waals surface area contributed by atoms with Crippen molar-refractivity contribution in [3.63, 3.8) is 0 Å². The molecule has 0 bridgehead atoms. The average Bonchev–Trinajstić information content (AvgIpc) is 2.34. The van der Waals surface area contributed by atoms with Crippen LogP contribution in [0.4, 0.5) is 0 Å². The molecular weight excluding hydrogens is 294 g/mol. The Balaban J connectivity index is 5.34. The summed E-state index contributed by atoms with van der Waals surface area (Å²) in [7, 11) is 0. The topological polar surface area (TPSA) is 50.1 Å². The van der Waals surface area contributed by atoms with E-state index >= 15 is 0 Å². The summed E-state index contributed by atoms with van der Waals surface area (Å²) >= 11 is 3.46. The first-order valence-electron chi connectivity index (χ1n) is 6.36. The average molecular weight is 316 g/mol. The van der Waals surface area contributed by atoms with Crippen LogP contribution >= 0.6 is 15.9 Å². The first-order valence-corrected chi connectivity index (χ1v) is 7.28. The number of nitriles is 1. The minimum atomic E-state index is -1.12. The largest absolute Gasteiger partial charge is 0.465 e. The van der Waals surface area contributed by atoms with E-state index in [-0.39, 0.29) is 4.83 Å². The second-order valence-corrected chi connectivity index (χ2v) is 5.79. The quantitative estimate of drug-likeness (QED) is 0.405. The Labute approximate surface area is 118 Å². The van der Waals surface area contributed by atoms with Gasteiger partial charge in [0.05, 0.1) is 12.7 Å². The van der Waals surface area contributed by atoms with Gasteiger partial charge in [0.2, 0.25) is 0 Å². The van der Waals surface area contributed by atoms with E-state index in [0.29, 0.717) is 19.4 Å². The highest BCUT2D eigenvalue weighted by Crippen LogP contribution is 2.37. The molecule has 0 aliphatic heterocycles. The third-order valence-corrected chi connectivity index (χ3v) is 3.47. The zero-order valence-corrected chi connectivity index (χ0v) is 13.2. The van der Waals surface area contributed by atoms with E-state index in [2.05, 4.69) is 22.0 Å². The van der Waals surface area contributed by atoms with Crippen LogP contribution in [0.5, 0.6) is 0 Å². The highest BCUT2D eigenvalue weighted by atomic mass is 79.9. The van der Waals surface area contributed by atoms with Gasteiger partial charge in [-0.25, -0.2) is 4.79 Å². The third kappa shape index (κ3) is 4.13. The van der Waals surface area contributed by atoms with E-state index in [9.17, 15) is 10.1 Å². The Hall–Kier alpha value is -0.820. The van der Waals surface area contributed by atoms with E-state index in [1.54, 1.807) is 6.92 Å². The summed E-state index contributed by atoms with van der Waals surface area (Å²) in [5.74, 6) is -0.421. The molecule has 18 heavy (non-hydrogen) atoms. The van der Waals surface area contributed by atoms with Crippen molar-refractivity contribution in [1.82, 2.24) is 0 Å². The molecule has 0 aliphatic carbocycles. The Bertz CT molecular complexity index is 344. The summed E-state index contributed by atoms with van der Waals surface area (Å²) in [4.78, 5) is 12.4. The fraction of sp³-hybridized carbons (Fsp3) is 0.714. The first kappa shape index (κ1) is 17.2. The predicted molar refractivity (Wildman–Crippen MR) is 76.4 cm³/mol. The molecule has 0 fully saturated rings. The first-order chi connectivity index (χ1) is 8.48. The number of allylic oxidation sites excluding steroid dienone is 1. The molecule has 0 aromatic heterocycles. The fourth-order valence-corrected chi connectivity index (χ4v) is 2.22. The number of halogens is 1. The van der Waals surface area contributed by atoms with Crippen molar-refractivity contribution in [3.05, 3.63) is 11.6 Å². The molecule has 0 aromatic rings. The SMILES string of the molecule is C/C=C(\CC)C(C#N)(CCC(C)Br)C(=O)OCC. The van der Waals surface area contributed by atoms with Crippen molar-refractivity contribution in [1.29, 1.82) is 5.26 Å². The molecule has 0 radical (unpaired) electrons. The van der Waals surface area contributed by atoms with Crippen LogP contribution in [0.15, 0.2) is 11.6 Å². The Kier molecular flexibility index (Phi) is 7.93. The number of hydrogen-bond acceptors (Lipinski definition) is 3. The zero-order chi connectivity index (χ0) is 14.2. The highest BCUT2D eigenvalue weighted by molar-refractivity contribution is 9.09. The van der Waals surface area contributed by atoms with Crippen molar-refractivity contribution < 1.29 is 9.53 Å². The number of carbonyl (C=O) groups is 1. The summed E-state index contributed by atoms with van der Waals surface area (Å²) in [6, 6.07) is 2.19. The second-order valence-electron chi connectivity index (χ2n) is 4.22. The maximum atomic E-state index is 12.2. The molecule has 0 N–H and O–H groups in total. The second kappa shape index (κ2) is 8.31. The number of esters is 1. The lowest BCUT2D eigenvalue weighted by Crippen LogP contribution is -2.34. The predicted octanol–water partition coefficient (Wildman–Crippen LogP) is 3.98. The van der Waals surface area contributed by atoms with Gasteiger partial charge in [-0.15, -0.1) is 0 Å². The van der Waals surface area contributed by atoms with E-state index in [1.807, 2.05) is 26.8 Å². The number of carbonyl (C=O) groups excluding carboxylic acids is 1. The van der Waals surface area contributed by atoms with Gasteiger partial charge in [0.15, 0.2) is 5.41 Å². The van der Waals surface area contributed by atoms with Crippen LogP contribution in [0.3, 0.4) is 0 Å². The van der Waals surface area contributed by atoms with Gasteiger partial charge in [0.1, 0.15) is 0 Å². The summed E-state index contributed by atoms with van der Waals surface area (Å²) in [6.45, 7) is 7.88.